The number of aryl methyl sites for hydroxylation is 1. The molecule has 0 fully saturated rings. The Balaban J connectivity index is 1.87. The molecule has 10 heteroatoms. The zero-order valence-corrected chi connectivity index (χ0v) is 21.5. The van der Waals surface area contributed by atoms with Crippen LogP contribution in [0, 0.1) is 0 Å². The second-order valence-corrected chi connectivity index (χ2v) is 9.31. The number of carbonyl (C=O) groups excluding carboxylic acids is 2. The Bertz CT molecular complexity index is 1210. The fourth-order valence-electron chi connectivity index (χ4n) is 3.87. The summed E-state index contributed by atoms with van der Waals surface area (Å²) < 4.78 is 2.67. The molecular weight excluding hydrogens is 528 g/mol. The maximum absolute atomic E-state index is 13.4. The van der Waals surface area contributed by atoms with Crippen LogP contribution in [0.2, 0.25) is 0 Å². The Morgan fingerprint density at radius 1 is 1.11 bits per heavy atom. The van der Waals surface area contributed by atoms with E-state index in [4.69, 9.17) is 10.3 Å². The summed E-state index contributed by atoms with van der Waals surface area (Å²) in [4.78, 5) is 41.0. The number of rotatable bonds is 12. The first kappa shape index (κ1) is 27.1. The number of unbranched alkanes of at least 4 members (excludes halogenated alkanes) is 1. The van der Waals surface area contributed by atoms with Gasteiger partial charge >= 0.3 is 5.97 Å². The lowest BCUT2D eigenvalue weighted by Gasteiger charge is -2.20. The van der Waals surface area contributed by atoms with E-state index in [2.05, 4.69) is 33.2 Å². The molecular formula is C26H29BrN4O5. The summed E-state index contributed by atoms with van der Waals surface area (Å²) in [6.07, 6.45) is 4.33. The second kappa shape index (κ2) is 13.0. The summed E-state index contributed by atoms with van der Waals surface area (Å²) in [6.45, 7) is 2.41. The number of nitrogens with zero attached hydrogens (tertiary/aromatic N) is 2. The number of hydroxylamine groups is 1. The zero-order valence-electron chi connectivity index (χ0n) is 19.9. The van der Waals surface area contributed by atoms with Crippen molar-refractivity contribution in [3.05, 3.63) is 87.4 Å². The molecule has 36 heavy (non-hydrogen) atoms. The molecule has 3 rings (SSSR count). The number of carboxylic acid groups (broad SMARTS) is 1. The second-order valence-electron chi connectivity index (χ2n) is 8.46. The number of amides is 2. The van der Waals surface area contributed by atoms with Crippen LogP contribution >= 0.6 is 15.9 Å². The molecule has 1 unspecified atom stereocenters. The van der Waals surface area contributed by atoms with Gasteiger partial charge in [-0.25, -0.2) is 15.3 Å². The third-order valence-electron chi connectivity index (χ3n) is 5.78. The molecule has 0 saturated heterocycles. The van der Waals surface area contributed by atoms with Crippen LogP contribution in [-0.2, 0) is 24.2 Å². The van der Waals surface area contributed by atoms with Crippen molar-refractivity contribution in [3.63, 3.8) is 0 Å². The molecule has 2 aromatic carbocycles. The molecule has 0 saturated carbocycles. The number of hydrogen-bond acceptors (Lipinski definition) is 5. The Labute approximate surface area is 217 Å². The van der Waals surface area contributed by atoms with Crippen molar-refractivity contribution < 1.29 is 24.7 Å². The lowest BCUT2D eigenvalue weighted by molar-refractivity contribution is -0.129. The molecule has 0 bridgehead atoms. The Morgan fingerprint density at radius 3 is 2.47 bits per heavy atom. The Kier molecular flexibility index (Phi) is 9.77. The number of nitrogens with one attached hydrogen (secondary N) is 2. The van der Waals surface area contributed by atoms with Crippen molar-refractivity contribution in [2.45, 2.75) is 51.6 Å². The smallest absolute Gasteiger partial charge is 0.335 e. The van der Waals surface area contributed by atoms with Crippen LogP contribution in [0.15, 0.2) is 59.2 Å². The first-order valence-electron chi connectivity index (χ1n) is 11.7. The quantitative estimate of drug-likeness (QED) is 0.197. The standard InChI is InChI=1S/C26H29BrN4O5/c1-2-3-8-23-28-15-22(31(23)16-17-9-11-18(12-10-17)26(34)35)25(33)29-20(14-24(32)30-36)13-19-6-4-5-7-21(19)27/h4-7,9-12,15,20,36H,2-3,8,13-14,16H2,1H3,(H,29,33)(H,30,32)(H,34,35). The predicted octanol–water partition coefficient (Wildman–Crippen LogP) is 3.97. The lowest BCUT2D eigenvalue weighted by Crippen LogP contribution is -2.41. The van der Waals surface area contributed by atoms with Gasteiger partial charge in [-0.2, -0.15) is 0 Å². The summed E-state index contributed by atoms with van der Waals surface area (Å²) in [5, 5.41) is 21.1. The van der Waals surface area contributed by atoms with Gasteiger partial charge in [-0.1, -0.05) is 59.6 Å². The summed E-state index contributed by atoms with van der Waals surface area (Å²) in [6, 6.07) is 13.4. The molecule has 1 atom stereocenters. The first-order valence-corrected chi connectivity index (χ1v) is 12.5. The topological polar surface area (TPSA) is 134 Å². The van der Waals surface area contributed by atoms with Crippen LogP contribution in [0.25, 0.3) is 0 Å². The fraction of sp³-hybridized carbons (Fsp3) is 0.308. The van der Waals surface area contributed by atoms with Gasteiger partial charge in [-0.05, 0) is 42.2 Å². The van der Waals surface area contributed by atoms with Gasteiger partial charge < -0.3 is 15.0 Å². The molecule has 9 nitrogen and oxygen atoms in total. The van der Waals surface area contributed by atoms with E-state index in [1.165, 1.54) is 18.3 Å². The lowest BCUT2D eigenvalue weighted by atomic mass is 10.0. The van der Waals surface area contributed by atoms with Crippen molar-refractivity contribution in [2.75, 3.05) is 0 Å². The van der Waals surface area contributed by atoms with Crippen molar-refractivity contribution in [3.8, 4) is 0 Å². The number of benzene rings is 2. The molecule has 0 radical (unpaired) electrons. The van der Waals surface area contributed by atoms with E-state index in [0.717, 1.165) is 34.3 Å². The van der Waals surface area contributed by atoms with Gasteiger partial charge in [-0.3, -0.25) is 14.8 Å². The summed E-state index contributed by atoms with van der Waals surface area (Å²) in [7, 11) is 0. The number of halogens is 1. The van der Waals surface area contributed by atoms with Crippen molar-refractivity contribution in [1.82, 2.24) is 20.3 Å². The molecule has 2 amide bonds. The van der Waals surface area contributed by atoms with Crippen molar-refractivity contribution in [1.29, 1.82) is 0 Å². The minimum absolute atomic E-state index is 0.114. The SMILES string of the molecule is CCCCc1ncc(C(=O)NC(CC(=O)NO)Cc2ccccc2Br)n1Cc1ccc(C(=O)O)cc1. The number of aromatic nitrogens is 2. The molecule has 0 spiro atoms. The molecule has 4 N–H and O–H groups in total. The normalized spacial score (nSPS) is 11.6. The summed E-state index contributed by atoms with van der Waals surface area (Å²) in [5.74, 6) is -1.26. The predicted molar refractivity (Wildman–Crippen MR) is 137 cm³/mol. The molecule has 190 valence electrons. The molecule has 0 aliphatic heterocycles. The first-order chi connectivity index (χ1) is 17.3. The van der Waals surface area contributed by atoms with E-state index < -0.39 is 23.8 Å². The highest BCUT2D eigenvalue weighted by Gasteiger charge is 2.22. The van der Waals surface area contributed by atoms with Gasteiger partial charge in [0, 0.05) is 29.9 Å². The van der Waals surface area contributed by atoms with Crippen LogP contribution in [-0.4, -0.2) is 43.7 Å². The highest BCUT2D eigenvalue weighted by molar-refractivity contribution is 9.10. The van der Waals surface area contributed by atoms with E-state index in [0.29, 0.717) is 25.1 Å². The zero-order chi connectivity index (χ0) is 26.1. The van der Waals surface area contributed by atoms with Crippen LogP contribution in [0.4, 0.5) is 0 Å². The van der Waals surface area contributed by atoms with E-state index in [1.807, 2.05) is 28.8 Å². The maximum Gasteiger partial charge on any atom is 0.335 e. The number of carboxylic acids is 1. The Morgan fingerprint density at radius 2 is 1.83 bits per heavy atom. The third-order valence-corrected chi connectivity index (χ3v) is 6.56. The van der Waals surface area contributed by atoms with Gasteiger partial charge in [-0.15, -0.1) is 0 Å². The highest BCUT2D eigenvalue weighted by atomic mass is 79.9. The van der Waals surface area contributed by atoms with Crippen LogP contribution in [0.5, 0.6) is 0 Å². The fourth-order valence-corrected chi connectivity index (χ4v) is 4.32. The summed E-state index contributed by atoms with van der Waals surface area (Å²) >= 11 is 3.50. The molecule has 0 aliphatic carbocycles. The maximum atomic E-state index is 13.4. The van der Waals surface area contributed by atoms with Crippen LogP contribution < -0.4 is 10.8 Å². The number of carbonyl (C=O) groups is 3. The third kappa shape index (κ3) is 7.25. The van der Waals surface area contributed by atoms with Gasteiger partial charge in [0.2, 0.25) is 5.91 Å². The van der Waals surface area contributed by atoms with Crippen molar-refractivity contribution >= 4 is 33.7 Å². The van der Waals surface area contributed by atoms with E-state index >= 15 is 0 Å². The van der Waals surface area contributed by atoms with Gasteiger partial charge in [0.15, 0.2) is 0 Å². The minimum Gasteiger partial charge on any atom is -0.478 e. The van der Waals surface area contributed by atoms with Crippen molar-refractivity contribution in [2.24, 2.45) is 0 Å². The number of aromatic carboxylic acids is 1. The van der Waals surface area contributed by atoms with Crippen LogP contribution in [0.1, 0.15) is 64.0 Å². The van der Waals surface area contributed by atoms with E-state index in [9.17, 15) is 14.4 Å². The van der Waals surface area contributed by atoms with Gasteiger partial charge in [0.25, 0.3) is 5.91 Å². The monoisotopic (exact) mass is 556 g/mol. The summed E-state index contributed by atoms with van der Waals surface area (Å²) in [5.41, 5.74) is 3.89. The van der Waals surface area contributed by atoms with Gasteiger partial charge in [0.1, 0.15) is 11.5 Å². The number of hydrogen-bond donors (Lipinski definition) is 4. The molecule has 0 aliphatic rings. The Hall–Kier alpha value is -3.50. The molecule has 3 aromatic rings. The van der Waals surface area contributed by atoms with E-state index in [1.54, 1.807) is 17.6 Å². The number of imidazole rings is 1. The van der Waals surface area contributed by atoms with Crippen LogP contribution in [0.3, 0.4) is 0 Å². The largest absolute Gasteiger partial charge is 0.478 e. The average molecular weight is 557 g/mol. The van der Waals surface area contributed by atoms with E-state index in [-0.39, 0.29) is 12.0 Å². The minimum atomic E-state index is -1.00. The van der Waals surface area contributed by atoms with Gasteiger partial charge in [0.05, 0.1) is 11.8 Å². The molecule has 1 aromatic heterocycles. The highest BCUT2D eigenvalue weighted by Crippen LogP contribution is 2.19. The molecule has 1 heterocycles. The average Bonchev–Trinajstić information content (AvgIpc) is 3.26.